The van der Waals surface area contributed by atoms with E-state index in [1.165, 1.54) is 32.3 Å². The minimum atomic E-state index is -5.88. The largest absolute Gasteiger partial charge is 0.508 e. The third-order valence-electron chi connectivity index (χ3n) is 19.0. The van der Waals surface area contributed by atoms with Crippen molar-refractivity contribution >= 4 is 91.6 Å². The SMILES string of the molecule is CN[C@H](CC(C)C)C(=O)N[C@H]1C(=O)N[C@@H](CC(N)=O)C(=O)N[C@H]2C(=O)N[C@H]3C(=O)N[C@H](C(=O)N[C@H](C(=O)OCC(=O)NC(P(=O)(O)O)P(=O)(O)O)c4cc(O)cc(O)c4-c4cc3ccc4O)[C@H](O)c3ccc(c(Cl)c3)Oc3cc2cc(c3OC2O[C@H](CO)[C@@H](O)[C@H](O)[C@H]2O[C@H]2C[C@](C)(N)[C@@H](O)[C@H](C)O2)Oc2ccc(cc2Cl)[C@H]1O. The van der Waals surface area contributed by atoms with Gasteiger partial charge < -0.3 is 153 Å². The van der Waals surface area contributed by atoms with E-state index < -0.39 is 292 Å². The first-order valence-corrected chi connectivity index (χ1v) is 38.8. The minimum absolute atomic E-state index is 0.138. The maximum atomic E-state index is 16.2. The number of likely N-dealkylation sites (N-methyl/N-ethyl adjacent to an activating group) is 1. The van der Waals surface area contributed by atoms with Crippen molar-refractivity contribution < 1.29 is 151 Å². The summed E-state index contributed by atoms with van der Waals surface area (Å²) in [5.74, 6) is -19.4. The molecule has 618 valence electrons. The minimum Gasteiger partial charge on any atom is -0.508 e. The van der Waals surface area contributed by atoms with Crippen molar-refractivity contribution in [3.63, 3.8) is 0 Å². The molecule has 0 radical (unpaired) electrons. The first-order valence-electron chi connectivity index (χ1n) is 34.7. The van der Waals surface area contributed by atoms with Gasteiger partial charge in [0, 0.05) is 34.7 Å². The van der Waals surface area contributed by atoms with Gasteiger partial charge >= 0.3 is 21.2 Å². The third kappa shape index (κ3) is 19.4. The van der Waals surface area contributed by atoms with Crippen LogP contribution in [0.25, 0.3) is 11.1 Å². The lowest BCUT2D eigenvalue weighted by Crippen LogP contribution is -2.64. The highest BCUT2D eigenvalue weighted by atomic mass is 35.5. The van der Waals surface area contributed by atoms with Gasteiger partial charge in [-0.1, -0.05) is 55.2 Å². The molecule has 41 nitrogen and oxygen atoms in total. The van der Waals surface area contributed by atoms with E-state index in [2.05, 4.69) is 37.2 Å². The maximum Gasteiger partial charge on any atom is 0.360 e. The average molecular weight is 1680 g/mol. The van der Waals surface area contributed by atoms with E-state index in [0.717, 1.165) is 60.7 Å². The highest BCUT2D eigenvalue weighted by molar-refractivity contribution is 7.70. The summed E-state index contributed by atoms with van der Waals surface area (Å²) in [5.41, 5.74) is 3.78. The number of nitrogens with one attached hydrogen (secondary N) is 8. The van der Waals surface area contributed by atoms with Crippen LogP contribution in [-0.4, -0.2) is 223 Å². The maximum absolute atomic E-state index is 16.2. The van der Waals surface area contributed by atoms with Crippen LogP contribution in [-0.2, 0) is 71.2 Å². The van der Waals surface area contributed by atoms with Gasteiger partial charge in [-0.2, -0.15) is 0 Å². The molecular weight excluding hydrogens is 1600 g/mol. The molecule has 8 amide bonds. The van der Waals surface area contributed by atoms with Crippen LogP contribution in [0.15, 0.2) is 78.9 Å². The molecule has 1 unspecified atom stereocenters. The number of phenolic OH excluding ortho intramolecular Hbond substituents is 3. The molecule has 5 aromatic carbocycles. The fourth-order valence-corrected chi connectivity index (χ4v) is 15.9. The van der Waals surface area contributed by atoms with Crippen molar-refractivity contribution in [3.8, 4) is 57.1 Å². The number of hydrogen-bond donors (Lipinski definition) is 23. The van der Waals surface area contributed by atoms with E-state index >= 15 is 19.2 Å². The van der Waals surface area contributed by atoms with E-state index in [9.17, 15) is 98.6 Å². The van der Waals surface area contributed by atoms with Crippen LogP contribution < -0.4 is 68.2 Å². The number of esters is 1. The predicted molar refractivity (Wildman–Crippen MR) is 389 cm³/mol. The molecule has 0 saturated carbocycles. The Labute approximate surface area is 655 Å². The molecule has 45 heteroatoms. The third-order valence-corrected chi connectivity index (χ3v) is 23.0. The van der Waals surface area contributed by atoms with E-state index in [1.54, 1.807) is 13.8 Å². The molecule has 0 spiro atoms. The van der Waals surface area contributed by atoms with Gasteiger partial charge in [-0.3, -0.25) is 47.5 Å². The topological polar surface area (TPSA) is 664 Å². The molecule has 7 aliphatic heterocycles. The van der Waals surface area contributed by atoms with Crippen LogP contribution in [0, 0.1) is 5.92 Å². The van der Waals surface area contributed by atoms with E-state index in [4.69, 9.17) is 67.8 Å². The second-order valence-corrected chi connectivity index (χ2v) is 32.7. The Kier molecular flexibility index (Phi) is 26.7. The summed E-state index contributed by atoms with van der Waals surface area (Å²) in [7, 11) is -10.3. The van der Waals surface area contributed by atoms with Crippen LogP contribution in [0.4, 0.5) is 0 Å². The van der Waals surface area contributed by atoms with Gasteiger partial charge in [-0.15, -0.1) is 0 Å². The number of aromatic hydroxyl groups is 3. The number of hydrogen-bond acceptors (Lipinski definition) is 29. The molecule has 0 aromatic heterocycles. The van der Waals surface area contributed by atoms with Crippen molar-refractivity contribution in [2.24, 2.45) is 17.4 Å². The van der Waals surface area contributed by atoms with Crippen molar-refractivity contribution in [2.45, 2.75) is 162 Å². The van der Waals surface area contributed by atoms with Crippen molar-refractivity contribution in [2.75, 3.05) is 20.3 Å². The number of phenols is 3. The number of aliphatic hydroxyl groups excluding tert-OH is 6. The molecule has 7 aliphatic rings. The highest BCUT2D eigenvalue weighted by Crippen LogP contribution is 2.58. The number of amides is 8. The van der Waals surface area contributed by atoms with Crippen LogP contribution in [0.1, 0.15) is 105 Å². The summed E-state index contributed by atoms with van der Waals surface area (Å²) in [5, 5.41) is 122. The fourth-order valence-electron chi connectivity index (χ4n) is 13.3. The lowest BCUT2D eigenvalue weighted by Gasteiger charge is -2.47. The Bertz CT molecular complexity index is 4670. The number of rotatable bonds is 18. The van der Waals surface area contributed by atoms with Crippen molar-refractivity contribution in [1.29, 1.82) is 0 Å². The molecule has 114 heavy (non-hydrogen) atoms. The number of benzene rings is 5. The molecule has 2 fully saturated rings. The number of carbonyl (C=O) groups is 9. The zero-order valence-electron chi connectivity index (χ0n) is 60.5. The summed E-state index contributed by atoms with van der Waals surface area (Å²) in [6.45, 7) is 3.82. The number of fused-ring (bicyclic) bond motifs is 15. The lowest BCUT2D eigenvalue weighted by atomic mass is 9.86. The van der Waals surface area contributed by atoms with Gasteiger partial charge in [0.2, 0.25) is 58.9 Å². The van der Waals surface area contributed by atoms with E-state index in [1.807, 2.05) is 0 Å². The number of aliphatic hydroxyl groups is 6. The van der Waals surface area contributed by atoms with Gasteiger partial charge in [0.25, 0.3) is 5.91 Å². The smallest absolute Gasteiger partial charge is 0.360 e. The summed E-state index contributed by atoms with van der Waals surface area (Å²) in [4.78, 5) is 171. The highest BCUT2D eigenvalue weighted by Gasteiger charge is 2.52. The average Bonchev–Trinajstić information content (AvgIpc) is 0.766. The molecule has 0 aliphatic carbocycles. The van der Waals surface area contributed by atoms with Gasteiger partial charge in [0.1, 0.15) is 89.5 Å². The standard InChI is InChI=1S/C69H82Cl2N10O31P2/c1-24(2)12-35(74-5)60(93)80-51-53(88)27-7-10-39(33(70)14-27)108-41-16-29-17-42(57(41)112-67-58(56(91)55(90)43(22-82)110-67)111-46-21-69(4,73)59(92)25(3)107-46)109-40-11-8-28(15-34(40)71)54(89)52-65(98)79-50(66(99)106-23-45(87)76-68(113(100,101)102)114(103,104)105)32-18-30(83)19-38(85)47(32)31-13-26(6-9-37(31)84)48(62(95)81-52)78-63(96)49(29)77-61(94)36(20-44(72)86)75-64(51)97/h6-11,13-19,24-25,35-36,43,46,48-56,58-59,67-68,74,82-85,88-92H,12,20-23,73H2,1-5H3,(H2,72,86)(H,75,97)(H,76,87)(H,77,94)(H,78,96)(H,79,98)(H,80,93)(H,81,95)(H2,100,101,102)(H2,103,104,105)/t25-,35+,36-,43+,46-,48+,49+,50-,51+,52-,53+,54+,55+,56-,58+,59-,67?,69-/m0/s1. The molecular formula is C69H82Cl2N10O31P2. The number of ether oxygens (including phenoxy) is 7. The van der Waals surface area contributed by atoms with E-state index in [0.29, 0.717) is 12.1 Å². The Hall–Kier alpha value is -9.43. The number of nitrogens with two attached hydrogens (primary N) is 2. The Morgan fingerprint density at radius 1 is 0.702 bits per heavy atom. The molecule has 11 bridgehead atoms. The quantitative estimate of drug-likeness (QED) is 0.0344. The zero-order valence-corrected chi connectivity index (χ0v) is 63.8. The van der Waals surface area contributed by atoms with Crippen molar-refractivity contribution in [1.82, 2.24) is 42.5 Å². The fraction of sp³-hybridized carbons (Fsp3) is 0.435. The molecule has 5 aromatic rings. The van der Waals surface area contributed by atoms with Gasteiger partial charge in [-0.25, -0.2) is 4.79 Å². The summed E-state index contributed by atoms with van der Waals surface area (Å²) in [6, 6.07) is -2.76. The number of carbonyl (C=O) groups excluding carboxylic acids is 9. The monoisotopic (exact) mass is 1680 g/mol. The number of primary amides is 1. The molecule has 2 saturated heterocycles. The van der Waals surface area contributed by atoms with Crippen molar-refractivity contribution in [3.05, 3.63) is 117 Å². The molecule has 7 heterocycles. The first kappa shape index (κ1) is 87.0. The van der Waals surface area contributed by atoms with Crippen LogP contribution in [0.5, 0.6) is 46.0 Å². The Morgan fingerprint density at radius 2 is 1.29 bits per heavy atom. The van der Waals surface area contributed by atoms with Crippen LogP contribution in [0.3, 0.4) is 0 Å². The Balaban J connectivity index is 1.21. The normalized spacial score (nSPS) is 27.7. The summed E-state index contributed by atoms with van der Waals surface area (Å²) >= 11 is 14.2. The number of halogens is 2. The van der Waals surface area contributed by atoms with Gasteiger partial charge in [0.15, 0.2) is 36.5 Å². The second kappa shape index (κ2) is 34.9. The second-order valence-electron chi connectivity index (χ2n) is 28.1. The summed E-state index contributed by atoms with van der Waals surface area (Å²) < 4.78 is 67.6. The van der Waals surface area contributed by atoms with Crippen LogP contribution in [0.2, 0.25) is 10.0 Å². The molecule has 18 atom stereocenters. The first-order chi connectivity index (χ1) is 53.4. The molecule has 12 rings (SSSR count). The van der Waals surface area contributed by atoms with Gasteiger partial charge in [0.05, 0.1) is 41.3 Å². The Morgan fingerprint density at radius 3 is 1.86 bits per heavy atom. The predicted octanol–water partition coefficient (Wildman–Crippen LogP) is -1.68. The molecule has 25 N–H and O–H groups in total. The van der Waals surface area contributed by atoms with Crippen LogP contribution >= 0.6 is 38.4 Å². The van der Waals surface area contributed by atoms with Gasteiger partial charge in [-0.05, 0) is 110 Å². The lowest BCUT2D eigenvalue weighted by molar-refractivity contribution is -0.333. The van der Waals surface area contributed by atoms with E-state index in [-0.39, 0.29) is 24.3 Å². The zero-order chi connectivity index (χ0) is 83.8. The summed E-state index contributed by atoms with van der Waals surface area (Å²) in [6.07, 6.45) is -19.4.